The van der Waals surface area contributed by atoms with E-state index in [1.54, 1.807) is 79.7 Å². The van der Waals surface area contributed by atoms with Crippen LogP contribution in [-0.4, -0.2) is 44.4 Å². The summed E-state index contributed by atoms with van der Waals surface area (Å²) < 4.78 is 15.7. The van der Waals surface area contributed by atoms with E-state index in [0.29, 0.717) is 34.9 Å². The predicted octanol–water partition coefficient (Wildman–Crippen LogP) is 4.77. The maximum absolute atomic E-state index is 13.3. The van der Waals surface area contributed by atoms with Gasteiger partial charge < -0.3 is 24.8 Å². The van der Waals surface area contributed by atoms with E-state index in [4.69, 9.17) is 14.2 Å². The molecule has 0 aliphatic heterocycles. The van der Waals surface area contributed by atoms with Gasteiger partial charge in [-0.3, -0.25) is 14.4 Å². The fraction of sp³-hybridized carbons (Fsp3) is 0.179. The Labute approximate surface area is 220 Å². The number of ether oxygens (including phenoxy) is 3. The number of carbonyl (C=O) groups is 3. The van der Waals surface area contributed by atoms with E-state index >= 15 is 0 Å². The van der Waals surface area contributed by atoms with E-state index in [2.05, 4.69) is 10.6 Å². The zero-order valence-electron chi connectivity index (χ0n) is 20.8. The molecule has 0 radical (unpaired) electrons. The van der Waals surface area contributed by atoms with Crippen LogP contribution in [-0.2, 0) is 14.3 Å². The molecule has 37 heavy (non-hydrogen) atoms. The quantitative estimate of drug-likeness (QED) is 0.213. The van der Waals surface area contributed by atoms with E-state index in [9.17, 15) is 14.4 Å². The molecule has 0 aliphatic rings. The third-order valence-electron chi connectivity index (χ3n) is 5.04. The average molecular weight is 521 g/mol. The summed E-state index contributed by atoms with van der Waals surface area (Å²) in [5.74, 6) is 0.0120. The number of nitrogens with one attached hydrogen (secondary N) is 2. The van der Waals surface area contributed by atoms with Crippen molar-refractivity contribution in [3.05, 3.63) is 89.6 Å². The van der Waals surface area contributed by atoms with Gasteiger partial charge in [-0.25, -0.2) is 0 Å². The monoisotopic (exact) mass is 520 g/mol. The zero-order chi connectivity index (χ0) is 26.6. The van der Waals surface area contributed by atoms with Crippen LogP contribution in [0, 0.1) is 0 Å². The molecule has 0 aromatic heterocycles. The number of hydrogen-bond donors (Lipinski definition) is 2. The van der Waals surface area contributed by atoms with Gasteiger partial charge in [0.05, 0.1) is 26.6 Å². The lowest BCUT2D eigenvalue weighted by Gasteiger charge is -2.13. The number of anilines is 1. The highest BCUT2D eigenvalue weighted by atomic mass is 32.2. The number of amides is 2. The van der Waals surface area contributed by atoms with Crippen molar-refractivity contribution in [2.75, 3.05) is 31.9 Å². The summed E-state index contributed by atoms with van der Waals surface area (Å²) in [6.45, 7) is 2.10. The normalized spacial score (nSPS) is 10.8. The average Bonchev–Trinajstić information content (AvgIpc) is 2.92. The molecule has 0 aliphatic carbocycles. The summed E-state index contributed by atoms with van der Waals surface area (Å²) in [5.41, 5.74) is 1.48. The van der Waals surface area contributed by atoms with Crippen LogP contribution in [0.5, 0.6) is 11.5 Å². The van der Waals surface area contributed by atoms with Gasteiger partial charge in [0.1, 0.15) is 17.2 Å². The first-order chi connectivity index (χ1) is 17.9. The lowest BCUT2D eigenvalue weighted by Crippen LogP contribution is -2.30. The van der Waals surface area contributed by atoms with Gasteiger partial charge in [0.2, 0.25) is 0 Å². The Morgan fingerprint density at radius 2 is 1.65 bits per heavy atom. The van der Waals surface area contributed by atoms with Crippen LogP contribution < -0.4 is 20.1 Å². The van der Waals surface area contributed by atoms with Crippen molar-refractivity contribution in [3.63, 3.8) is 0 Å². The lowest BCUT2D eigenvalue weighted by molar-refractivity contribution is -0.139. The topological polar surface area (TPSA) is 103 Å². The summed E-state index contributed by atoms with van der Waals surface area (Å²) in [6.07, 6.45) is 1.53. The highest BCUT2D eigenvalue weighted by Gasteiger charge is 2.17. The Kier molecular flexibility index (Phi) is 10.2. The second kappa shape index (κ2) is 13.7. The lowest BCUT2D eigenvalue weighted by atomic mass is 10.1. The third-order valence-corrected chi connectivity index (χ3v) is 6.03. The molecule has 0 spiro atoms. The fourth-order valence-electron chi connectivity index (χ4n) is 3.23. The first kappa shape index (κ1) is 27.3. The molecule has 8 nitrogen and oxygen atoms in total. The Balaban J connectivity index is 1.83. The second-order valence-electron chi connectivity index (χ2n) is 7.56. The molecule has 3 rings (SSSR count). The molecule has 9 heteroatoms. The number of thioether (sulfide) groups is 1. The molecule has 0 unspecified atom stereocenters. The molecule has 2 amide bonds. The molecule has 0 heterocycles. The Hall–Kier alpha value is -4.24. The molecule has 192 valence electrons. The zero-order valence-corrected chi connectivity index (χ0v) is 21.6. The Morgan fingerprint density at radius 3 is 2.30 bits per heavy atom. The van der Waals surface area contributed by atoms with E-state index < -0.39 is 11.8 Å². The van der Waals surface area contributed by atoms with Crippen LogP contribution in [0.25, 0.3) is 6.08 Å². The molecule has 0 bridgehead atoms. The minimum Gasteiger partial charge on any atom is -0.497 e. The van der Waals surface area contributed by atoms with Gasteiger partial charge in [-0.05, 0) is 67.6 Å². The van der Waals surface area contributed by atoms with E-state index in [1.807, 2.05) is 0 Å². The van der Waals surface area contributed by atoms with Gasteiger partial charge in [-0.15, -0.1) is 11.8 Å². The first-order valence-electron chi connectivity index (χ1n) is 11.4. The van der Waals surface area contributed by atoms with Gasteiger partial charge in [-0.2, -0.15) is 0 Å². The van der Waals surface area contributed by atoms with E-state index in [-0.39, 0.29) is 17.4 Å². The molecule has 0 saturated carbocycles. The largest absolute Gasteiger partial charge is 0.497 e. The highest BCUT2D eigenvalue weighted by Crippen LogP contribution is 2.26. The number of carbonyl (C=O) groups excluding carboxylic acids is 3. The minimum absolute atomic E-state index is 0.0150. The molecule has 3 aromatic carbocycles. The minimum atomic E-state index is -0.527. The third kappa shape index (κ3) is 8.15. The maximum atomic E-state index is 13.3. The summed E-state index contributed by atoms with van der Waals surface area (Å²) in [7, 11) is 3.05. The van der Waals surface area contributed by atoms with Crippen molar-refractivity contribution in [1.29, 1.82) is 0 Å². The fourth-order valence-corrected chi connectivity index (χ4v) is 3.92. The highest BCUT2D eigenvalue weighted by molar-refractivity contribution is 8.00. The van der Waals surface area contributed by atoms with Crippen molar-refractivity contribution < 1.29 is 28.6 Å². The molecular formula is C28H28N2O6S. The first-order valence-corrected chi connectivity index (χ1v) is 12.4. The molecular weight excluding hydrogens is 492 g/mol. The van der Waals surface area contributed by atoms with Crippen molar-refractivity contribution in [2.45, 2.75) is 11.8 Å². The molecule has 0 saturated heterocycles. The van der Waals surface area contributed by atoms with Crippen LogP contribution in [0.1, 0.15) is 22.8 Å². The van der Waals surface area contributed by atoms with Crippen molar-refractivity contribution in [2.24, 2.45) is 0 Å². The maximum Gasteiger partial charge on any atom is 0.316 e. The standard InChI is InChI=1S/C28H28N2O6S/c1-4-36-26(31)18-37-23-13-10-21(11-14-23)29-28(33)24(30-27(32)19-8-6-5-7-9-19)17-20-16-22(34-2)12-15-25(20)35-3/h5-17H,4,18H2,1-3H3,(H,29,33)(H,30,32)/b24-17-. The predicted molar refractivity (Wildman–Crippen MR) is 144 cm³/mol. The number of benzene rings is 3. The van der Waals surface area contributed by atoms with Crippen LogP contribution in [0.3, 0.4) is 0 Å². The van der Waals surface area contributed by atoms with Crippen LogP contribution in [0.15, 0.2) is 83.4 Å². The SMILES string of the molecule is CCOC(=O)CSc1ccc(NC(=O)/C(=C/c2cc(OC)ccc2OC)NC(=O)c2ccccc2)cc1. The van der Waals surface area contributed by atoms with Crippen LogP contribution in [0.4, 0.5) is 5.69 Å². The van der Waals surface area contributed by atoms with E-state index in [1.165, 1.54) is 32.1 Å². The van der Waals surface area contributed by atoms with Crippen molar-refractivity contribution in [1.82, 2.24) is 5.32 Å². The number of rotatable bonds is 11. The summed E-state index contributed by atoms with van der Waals surface area (Å²) in [6, 6.07) is 20.8. The van der Waals surface area contributed by atoms with Crippen LogP contribution in [0.2, 0.25) is 0 Å². The smallest absolute Gasteiger partial charge is 0.316 e. The number of hydrogen-bond acceptors (Lipinski definition) is 7. The van der Waals surface area contributed by atoms with Gasteiger partial charge in [0.25, 0.3) is 11.8 Å². The summed E-state index contributed by atoms with van der Waals surface area (Å²) in [4.78, 5) is 38.6. The molecule has 0 fully saturated rings. The Bertz CT molecular complexity index is 1260. The molecule has 2 N–H and O–H groups in total. The van der Waals surface area contributed by atoms with Gasteiger partial charge in [0, 0.05) is 21.7 Å². The van der Waals surface area contributed by atoms with E-state index in [0.717, 1.165) is 4.90 Å². The van der Waals surface area contributed by atoms with Gasteiger partial charge >= 0.3 is 5.97 Å². The van der Waals surface area contributed by atoms with Crippen molar-refractivity contribution >= 4 is 41.3 Å². The van der Waals surface area contributed by atoms with Crippen molar-refractivity contribution in [3.8, 4) is 11.5 Å². The molecule has 3 aromatic rings. The van der Waals surface area contributed by atoms with Gasteiger partial charge in [0.15, 0.2) is 0 Å². The number of esters is 1. The molecule has 0 atom stereocenters. The number of methoxy groups -OCH3 is 2. The van der Waals surface area contributed by atoms with Crippen LogP contribution >= 0.6 is 11.8 Å². The summed E-state index contributed by atoms with van der Waals surface area (Å²) >= 11 is 1.34. The Morgan fingerprint density at radius 1 is 0.919 bits per heavy atom. The van der Waals surface area contributed by atoms with Gasteiger partial charge in [-0.1, -0.05) is 18.2 Å². The summed E-state index contributed by atoms with van der Waals surface area (Å²) in [5, 5.41) is 5.51. The second-order valence-corrected chi connectivity index (χ2v) is 8.61.